The van der Waals surface area contributed by atoms with Gasteiger partial charge >= 0.3 is 0 Å². The molecule has 148 valence electrons. The van der Waals surface area contributed by atoms with Gasteiger partial charge in [0.1, 0.15) is 11.6 Å². The van der Waals surface area contributed by atoms with E-state index in [1.54, 1.807) is 26.0 Å². The molecule has 1 atom stereocenters. The summed E-state index contributed by atoms with van der Waals surface area (Å²) in [6, 6.07) is 8.02. The highest BCUT2D eigenvalue weighted by Gasteiger charge is 2.44. The van der Waals surface area contributed by atoms with Gasteiger partial charge in [-0.25, -0.2) is 9.37 Å². The smallest absolute Gasteiger partial charge is 0.290 e. The van der Waals surface area contributed by atoms with E-state index in [1.807, 2.05) is 0 Å². The number of carbonyl (C=O) groups is 2. The summed E-state index contributed by atoms with van der Waals surface area (Å²) in [6.07, 6.45) is 1.48. The van der Waals surface area contributed by atoms with Gasteiger partial charge in [0.25, 0.3) is 5.91 Å². The number of aliphatic hydroxyl groups is 1. The molecule has 0 saturated heterocycles. The van der Waals surface area contributed by atoms with Gasteiger partial charge in [0, 0.05) is 0 Å². The molecule has 0 aliphatic carbocycles. The molecule has 1 aliphatic rings. The van der Waals surface area contributed by atoms with Crippen molar-refractivity contribution < 1.29 is 23.5 Å². The van der Waals surface area contributed by atoms with Crippen LogP contribution < -0.4 is 0 Å². The van der Waals surface area contributed by atoms with Crippen LogP contribution in [0, 0.1) is 19.7 Å². The highest BCUT2D eigenvalue weighted by atomic mass is 32.1. The zero-order chi connectivity index (χ0) is 20.7. The monoisotopic (exact) mass is 412 g/mol. The number of Topliss-reactive ketones (excluding diaryl/α,β-unsaturated/α-hetero) is 1. The number of aryl methyl sites for hydroxylation is 2. The fourth-order valence-corrected chi connectivity index (χ4v) is 4.35. The average molecular weight is 412 g/mol. The first-order valence-electron chi connectivity index (χ1n) is 8.87. The van der Waals surface area contributed by atoms with Gasteiger partial charge in [-0.3, -0.25) is 9.59 Å². The molecule has 0 fully saturated rings. The molecule has 3 aromatic rings. The van der Waals surface area contributed by atoms with E-state index in [1.165, 1.54) is 46.8 Å². The van der Waals surface area contributed by atoms with Crippen molar-refractivity contribution >= 4 is 23.0 Å². The van der Waals surface area contributed by atoms with Crippen molar-refractivity contribution in [1.82, 2.24) is 9.88 Å². The molecule has 1 aliphatic heterocycles. The first-order valence-corrected chi connectivity index (χ1v) is 9.69. The minimum absolute atomic E-state index is 0.0417. The number of halogens is 1. The fourth-order valence-electron chi connectivity index (χ4n) is 3.48. The second-order valence-corrected chi connectivity index (χ2v) is 7.91. The Labute approximate surface area is 169 Å². The van der Waals surface area contributed by atoms with Gasteiger partial charge in [-0.2, -0.15) is 0 Å². The van der Waals surface area contributed by atoms with Crippen LogP contribution >= 0.6 is 11.3 Å². The van der Waals surface area contributed by atoms with Crippen molar-refractivity contribution in [3.8, 4) is 0 Å². The number of hydrogen-bond donors (Lipinski definition) is 1. The molecule has 0 spiro atoms. The quantitative estimate of drug-likeness (QED) is 0.633. The Morgan fingerprint density at radius 1 is 1.28 bits per heavy atom. The zero-order valence-corrected chi connectivity index (χ0v) is 16.5. The molecule has 1 unspecified atom stereocenters. The minimum Gasteiger partial charge on any atom is -0.503 e. The maximum absolute atomic E-state index is 13.5. The highest BCUT2D eigenvalue weighted by Crippen LogP contribution is 2.41. The molecule has 0 saturated carbocycles. The summed E-state index contributed by atoms with van der Waals surface area (Å²) in [5.41, 5.74) is 1.00. The number of aromatic nitrogens is 1. The summed E-state index contributed by atoms with van der Waals surface area (Å²) in [4.78, 5) is 32.1. The number of amides is 1. The average Bonchev–Trinajstić information content (AvgIpc) is 3.38. The Hall–Kier alpha value is -3.26. The zero-order valence-electron chi connectivity index (χ0n) is 15.7. The third-order valence-electron chi connectivity index (χ3n) is 4.75. The molecule has 8 heteroatoms. The minimum atomic E-state index is -0.873. The van der Waals surface area contributed by atoms with E-state index in [2.05, 4.69) is 4.98 Å². The van der Waals surface area contributed by atoms with Crippen molar-refractivity contribution in [2.24, 2.45) is 0 Å². The van der Waals surface area contributed by atoms with Crippen LogP contribution in [0.5, 0.6) is 0 Å². The number of aliphatic hydroxyl groups excluding tert-OH is 1. The molecule has 1 aromatic carbocycles. The van der Waals surface area contributed by atoms with Gasteiger partial charge in [-0.1, -0.05) is 12.1 Å². The van der Waals surface area contributed by atoms with Crippen molar-refractivity contribution in [2.75, 3.05) is 0 Å². The maximum Gasteiger partial charge on any atom is 0.290 e. The Morgan fingerprint density at radius 3 is 2.59 bits per heavy atom. The Morgan fingerprint density at radius 2 is 2.00 bits per heavy atom. The van der Waals surface area contributed by atoms with Crippen LogP contribution in [0.1, 0.15) is 37.7 Å². The molecule has 0 bridgehead atoms. The first kappa shape index (κ1) is 19.1. The predicted molar refractivity (Wildman–Crippen MR) is 104 cm³/mol. The van der Waals surface area contributed by atoms with Crippen LogP contribution in [-0.4, -0.2) is 26.7 Å². The predicted octanol–water partition coefficient (Wildman–Crippen LogP) is 4.27. The molecule has 0 radical (unpaired) electrons. The van der Waals surface area contributed by atoms with Gasteiger partial charge in [0.05, 0.1) is 40.0 Å². The molecule has 6 nitrogen and oxygen atoms in total. The van der Waals surface area contributed by atoms with Crippen LogP contribution in [0.2, 0.25) is 0 Å². The van der Waals surface area contributed by atoms with Crippen LogP contribution in [0.15, 0.2) is 58.4 Å². The molecule has 2 aromatic heterocycles. The van der Waals surface area contributed by atoms with Crippen LogP contribution in [0.3, 0.4) is 0 Å². The lowest BCUT2D eigenvalue weighted by molar-refractivity contribution is -0.130. The van der Waals surface area contributed by atoms with Crippen LogP contribution in [-0.2, 0) is 11.3 Å². The van der Waals surface area contributed by atoms with E-state index in [0.717, 1.165) is 0 Å². The summed E-state index contributed by atoms with van der Waals surface area (Å²) in [6.45, 7) is 3.54. The third kappa shape index (κ3) is 3.36. The summed E-state index contributed by atoms with van der Waals surface area (Å²) in [7, 11) is 0. The summed E-state index contributed by atoms with van der Waals surface area (Å²) in [5.74, 6) is -1.70. The first-order chi connectivity index (χ1) is 13.9. The van der Waals surface area contributed by atoms with Crippen molar-refractivity contribution in [2.45, 2.75) is 26.4 Å². The van der Waals surface area contributed by atoms with Gasteiger partial charge in [-0.05, 0) is 43.7 Å². The van der Waals surface area contributed by atoms with Gasteiger partial charge < -0.3 is 14.4 Å². The van der Waals surface area contributed by atoms with E-state index in [0.29, 0.717) is 26.9 Å². The molecule has 1 amide bonds. The molecular weight excluding hydrogens is 395 g/mol. The second kappa shape index (κ2) is 7.29. The van der Waals surface area contributed by atoms with Crippen LogP contribution in [0.4, 0.5) is 4.39 Å². The number of carbonyl (C=O) groups excluding carboxylic acids is 2. The van der Waals surface area contributed by atoms with E-state index in [4.69, 9.17) is 4.42 Å². The Bertz CT molecular complexity index is 1120. The molecule has 3 heterocycles. The number of ketones is 1. The fraction of sp³-hybridized carbons (Fsp3) is 0.190. The highest BCUT2D eigenvalue weighted by molar-refractivity contribution is 7.14. The maximum atomic E-state index is 13.5. The van der Waals surface area contributed by atoms with Gasteiger partial charge in [-0.15, -0.1) is 11.3 Å². The van der Waals surface area contributed by atoms with E-state index in [-0.39, 0.29) is 12.1 Å². The lowest BCUT2D eigenvalue weighted by Gasteiger charge is -2.26. The number of hydrogen-bond acceptors (Lipinski definition) is 6. The summed E-state index contributed by atoms with van der Waals surface area (Å²) >= 11 is 1.20. The van der Waals surface area contributed by atoms with E-state index in [9.17, 15) is 19.1 Å². The van der Waals surface area contributed by atoms with Gasteiger partial charge in [0.2, 0.25) is 5.78 Å². The topological polar surface area (TPSA) is 83.6 Å². The SMILES string of the molecule is Cc1nc(C)c(C(=O)C2=C(O)C(=O)N(Cc3ccco3)C2c2ccc(F)cc2)s1. The molecular formula is C21H17FN2O4S. The largest absolute Gasteiger partial charge is 0.503 e. The van der Waals surface area contributed by atoms with Crippen LogP contribution in [0.25, 0.3) is 0 Å². The molecule has 29 heavy (non-hydrogen) atoms. The number of nitrogens with zero attached hydrogens (tertiary/aromatic N) is 2. The Balaban J connectivity index is 1.82. The normalized spacial score (nSPS) is 16.7. The Kier molecular flexibility index (Phi) is 4.79. The van der Waals surface area contributed by atoms with E-state index < -0.39 is 29.3 Å². The molecule has 1 N–H and O–H groups in total. The standard InChI is InChI=1S/C21H17FN2O4S/c1-11-20(29-12(2)23-11)18(25)16-17(13-5-7-14(22)8-6-13)24(21(27)19(16)26)10-15-4-3-9-28-15/h3-9,17,26H,10H2,1-2H3. The van der Waals surface area contributed by atoms with E-state index >= 15 is 0 Å². The van der Waals surface area contributed by atoms with Crippen molar-refractivity contribution in [1.29, 1.82) is 0 Å². The van der Waals surface area contributed by atoms with Gasteiger partial charge in [0.15, 0.2) is 5.76 Å². The number of thiazole rings is 1. The second-order valence-electron chi connectivity index (χ2n) is 6.71. The molecule has 4 rings (SSSR count). The van der Waals surface area contributed by atoms with Crippen molar-refractivity contribution in [3.63, 3.8) is 0 Å². The van der Waals surface area contributed by atoms with Crippen molar-refractivity contribution in [3.05, 3.63) is 86.7 Å². The number of rotatable bonds is 5. The lowest BCUT2D eigenvalue weighted by Crippen LogP contribution is -2.30. The lowest BCUT2D eigenvalue weighted by atomic mass is 9.95. The number of benzene rings is 1. The summed E-state index contributed by atoms with van der Waals surface area (Å²) in [5, 5.41) is 11.3. The third-order valence-corrected chi connectivity index (χ3v) is 5.82. The summed E-state index contributed by atoms with van der Waals surface area (Å²) < 4.78 is 18.8. The number of furan rings is 1.